The van der Waals surface area contributed by atoms with E-state index in [0.29, 0.717) is 31.2 Å². The second-order valence-corrected chi connectivity index (χ2v) is 29.3. The fourth-order valence-electron chi connectivity index (χ4n) is 11.5. The fraction of sp³-hybridized carbons (Fsp3) is 0.667. The van der Waals surface area contributed by atoms with Crippen molar-refractivity contribution in [3.8, 4) is 0 Å². The quantitative estimate of drug-likeness (QED) is 0.0174. The van der Waals surface area contributed by atoms with Crippen LogP contribution in [0, 0.1) is 35.5 Å². The number of H-pyrrole nitrogens is 1. The number of fused-ring (bicyclic) bond motifs is 1. The van der Waals surface area contributed by atoms with Crippen LogP contribution in [-0.2, 0) is 64.0 Å². The second kappa shape index (κ2) is 48.8. The molecule has 0 fully saturated rings. The Balaban J connectivity index is 2.52. The highest BCUT2D eigenvalue weighted by Crippen LogP contribution is 2.21. The number of nitrogens with zero attached hydrogens (tertiary/aromatic N) is 4. The van der Waals surface area contributed by atoms with Crippen LogP contribution in [0.5, 0.6) is 0 Å². The van der Waals surface area contributed by atoms with Crippen LogP contribution in [0.15, 0.2) is 50.4 Å². The Kier molecular flexibility index (Phi) is 42.3. The molecule has 0 saturated carbocycles. The first-order valence-corrected chi connectivity index (χ1v) is 37.8. The van der Waals surface area contributed by atoms with Crippen molar-refractivity contribution in [2.24, 2.45) is 113 Å². The van der Waals surface area contributed by atoms with Crippen LogP contribution in [-0.4, -0.2) is 198 Å². The first-order valence-electron chi connectivity index (χ1n) is 37.8. The molecule has 12 amide bonds. The summed E-state index contributed by atoms with van der Waals surface area (Å²) in [7, 11) is 0. The van der Waals surface area contributed by atoms with Gasteiger partial charge in [-0.15, -0.1) is 0 Å². The molecule has 1 aromatic carbocycles. The lowest BCUT2D eigenvalue weighted by Crippen LogP contribution is -2.62. The van der Waals surface area contributed by atoms with Crippen LogP contribution in [0.1, 0.15) is 173 Å². The van der Waals surface area contributed by atoms with E-state index in [1.165, 1.54) is 6.92 Å². The van der Waals surface area contributed by atoms with Gasteiger partial charge in [0.05, 0.1) is 6.04 Å². The van der Waals surface area contributed by atoms with Crippen molar-refractivity contribution in [2.75, 3.05) is 26.2 Å². The van der Waals surface area contributed by atoms with Crippen molar-refractivity contribution < 1.29 is 57.5 Å². The van der Waals surface area contributed by atoms with Crippen molar-refractivity contribution in [3.05, 3.63) is 36.0 Å². The third-order valence-corrected chi connectivity index (χ3v) is 18.5. The van der Waals surface area contributed by atoms with Crippen molar-refractivity contribution in [3.63, 3.8) is 0 Å². The van der Waals surface area contributed by atoms with Gasteiger partial charge in [0, 0.05) is 49.7 Å². The minimum absolute atomic E-state index is 0.00822. The zero-order valence-corrected chi connectivity index (χ0v) is 66.3. The van der Waals surface area contributed by atoms with E-state index in [9.17, 15) is 57.5 Å². The predicted molar refractivity (Wildman–Crippen MR) is 423 cm³/mol. The number of hydrogen-bond donors (Lipinski definition) is 22. The lowest BCUT2D eigenvalue weighted by atomic mass is 9.95. The molecular formula is C72H128N26O12. The molecule has 0 unspecified atom stereocenters. The lowest BCUT2D eigenvalue weighted by molar-refractivity contribution is -0.137. The zero-order valence-electron chi connectivity index (χ0n) is 66.3. The number of unbranched alkanes of at least 4 members (excludes halogenated alkanes) is 1. The Bertz CT molecular complexity index is 3470. The maximum absolute atomic E-state index is 15.0. The fourth-order valence-corrected chi connectivity index (χ4v) is 11.5. The van der Waals surface area contributed by atoms with Crippen LogP contribution in [0.3, 0.4) is 0 Å². The molecular weight excluding hydrogens is 1420 g/mol. The second-order valence-electron chi connectivity index (χ2n) is 29.3. The number of primary amides is 1. The first-order chi connectivity index (χ1) is 51.6. The van der Waals surface area contributed by atoms with Gasteiger partial charge in [-0.2, -0.15) is 0 Å². The smallest absolute Gasteiger partial charge is 0.243 e. The summed E-state index contributed by atoms with van der Waals surface area (Å²) in [4.78, 5) is 190. The molecule has 2 rings (SSSR count). The number of carbonyl (C=O) groups is 12. The SMILES string of the molecule is CC[C@H](C)[C@H](NC(=O)[C@H](CCCN=C(N)N)NC(=O)[C@@H](NC(=O)[C@H](C)NC(=O)[C@@H](NC(=O)[C@@H](NC(=O)[C@H](CC(C)C)NC(=O)[C@H](CCCN=C(N)N)NC(=O)[C@@H](N)C(C)C)[C@@H](C)CC)C(C)C)C(C)C)C(=O)N[C@@H](Cc1c[nH]c2ccccc12)C(=O)N[C@@H](CCCCN=C(N)N)C(=O)N[C@@H](CCCN=C(N)N)C(N)=O. The molecule has 0 aliphatic rings. The number of guanidine groups is 4. The van der Waals surface area contributed by atoms with Gasteiger partial charge in [-0.1, -0.05) is 114 Å². The molecule has 1 heterocycles. The number of benzene rings is 1. The Morgan fingerprint density at radius 2 is 0.718 bits per heavy atom. The molecule has 0 aliphatic heterocycles. The molecule has 14 atom stereocenters. The number of aromatic amines is 1. The van der Waals surface area contributed by atoms with Crippen LogP contribution >= 0.6 is 0 Å². The average molecular weight is 1550 g/mol. The van der Waals surface area contributed by atoms with E-state index in [4.69, 9.17) is 57.3 Å². The van der Waals surface area contributed by atoms with Crippen molar-refractivity contribution >= 4 is 106 Å². The standard InChI is InChI=1S/C72H128N26O12/c1-14-40(11)55(67(109)94-51(34-43-35-87-45-24-17-16-23-44(43)45)62(104)90-47(25-18-19-29-83-69(75)76)59(101)89-46(57(74)99)26-20-30-84-70(77)78)97-61(103)49(28-22-32-86-72(81)82)92-66(108)54(39(9)10)95-58(100)42(13)88-65(107)53(38(7)8)96-68(110)56(41(12)15-2)98-63(105)50(33-36(3)4)93-60(102)48(27-21-31-85-71(79)80)91-64(106)52(73)37(5)6/h16-17,23-24,35-42,46-56,87H,14-15,18-22,25-34,73H2,1-13H3,(H2,74,99)(H,88,107)(H,89,101)(H,90,104)(H,91,106)(H,92,108)(H,93,102)(H,94,109)(H,95,100)(H,96,110)(H,97,103)(H,98,105)(H4,75,76,83)(H4,77,78,84)(H4,79,80,85)(H4,81,82,86)/t40-,41-,42-,46-,47-,48-,49-,50-,51-,52-,53-,54-,55-,56-/m0/s1. The van der Waals surface area contributed by atoms with Gasteiger partial charge in [-0.05, 0) is 118 Å². The Morgan fingerprint density at radius 3 is 1.16 bits per heavy atom. The summed E-state index contributed by atoms with van der Waals surface area (Å²) in [5.74, 6) is -12.9. The topological polar surface area (TPSA) is 663 Å². The van der Waals surface area contributed by atoms with E-state index >= 15 is 0 Å². The highest BCUT2D eigenvalue weighted by atomic mass is 16.2. The van der Waals surface area contributed by atoms with Crippen LogP contribution in [0.2, 0.25) is 0 Å². The molecule has 38 nitrogen and oxygen atoms in total. The average Bonchev–Trinajstić information content (AvgIpc) is 1.62. The molecule has 110 heavy (non-hydrogen) atoms. The molecule has 0 saturated heterocycles. The summed E-state index contributed by atoms with van der Waals surface area (Å²) < 4.78 is 0. The molecule has 0 bridgehead atoms. The third kappa shape index (κ3) is 34.3. The van der Waals surface area contributed by atoms with E-state index in [1.807, 2.05) is 32.0 Å². The molecule has 0 aliphatic carbocycles. The summed E-state index contributed by atoms with van der Waals surface area (Å²) in [5, 5.41) is 30.8. The van der Waals surface area contributed by atoms with Crippen molar-refractivity contribution in [1.29, 1.82) is 0 Å². The summed E-state index contributed by atoms with van der Waals surface area (Å²) in [6.07, 6.45) is 3.67. The van der Waals surface area contributed by atoms with E-state index in [2.05, 4.69) is 83.4 Å². The van der Waals surface area contributed by atoms with E-state index in [-0.39, 0.29) is 120 Å². The molecule has 38 heteroatoms. The van der Waals surface area contributed by atoms with Gasteiger partial charge in [-0.25, -0.2) is 0 Å². The number of nitrogens with two attached hydrogens (primary N) is 10. The predicted octanol–water partition coefficient (Wildman–Crippen LogP) is -3.41. The number of para-hydroxylation sites is 1. The molecule has 2 aromatic rings. The molecule has 0 spiro atoms. The zero-order chi connectivity index (χ0) is 83.2. The molecule has 32 N–H and O–H groups in total. The van der Waals surface area contributed by atoms with Crippen molar-refractivity contribution in [1.82, 2.24) is 63.5 Å². The van der Waals surface area contributed by atoms with Gasteiger partial charge in [0.15, 0.2) is 23.8 Å². The van der Waals surface area contributed by atoms with Crippen molar-refractivity contribution in [2.45, 2.75) is 246 Å². The van der Waals surface area contributed by atoms with Crippen LogP contribution < -0.4 is 116 Å². The minimum atomic E-state index is -1.43. The molecule has 618 valence electrons. The van der Waals surface area contributed by atoms with Crippen LogP contribution in [0.4, 0.5) is 0 Å². The summed E-state index contributed by atoms with van der Waals surface area (Å²) >= 11 is 0. The normalized spacial score (nSPS) is 15.1. The van der Waals surface area contributed by atoms with Gasteiger partial charge in [-0.3, -0.25) is 77.5 Å². The molecule has 0 radical (unpaired) electrons. The summed E-state index contributed by atoms with van der Waals surface area (Å²) in [5.41, 5.74) is 57.4. The molecule has 1 aromatic heterocycles. The number of carbonyl (C=O) groups excluding carboxylic acids is 12. The lowest BCUT2D eigenvalue weighted by Gasteiger charge is -2.31. The number of amides is 12. The first kappa shape index (κ1) is 95.5. The number of aromatic nitrogens is 1. The third-order valence-electron chi connectivity index (χ3n) is 18.5. The highest BCUT2D eigenvalue weighted by molar-refractivity contribution is 6.00. The van der Waals surface area contributed by atoms with E-state index in [0.717, 1.165) is 10.9 Å². The van der Waals surface area contributed by atoms with Crippen LogP contribution in [0.25, 0.3) is 10.9 Å². The van der Waals surface area contributed by atoms with Gasteiger partial charge in [0.25, 0.3) is 0 Å². The maximum Gasteiger partial charge on any atom is 0.243 e. The number of hydrogen-bond acceptors (Lipinski definition) is 17. The number of rotatable bonds is 51. The number of nitrogens with one attached hydrogen (secondary N) is 12. The van der Waals surface area contributed by atoms with E-state index < -0.39 is 167 Å². The Hall–Kier alpha value is -10.6. The maximum atomic E-state index is 15.0. The summed E-state index contributed by atoms with van der Waals surface area (Å²) in [6.45, 7) is 22.5. The van der Waals surface area contributed by atoms with Gasteiger partial charge >= 0.3 is 0 Å². The minimum Gasteiger partial charge on any atom is -0.370 e. The highest BCUT2D eigenvalue weighted by Gasteiger charge is 2.39. The Labute approximate surface area is 645 Å². The van der Waals surface area contributed by atoms with Gasteiger partial charge < -0.3 is 121 Å². The largest absolute Gasteiger partial charge is 0.370 e. The monoisotopic (exact) mass is 1550 g/mol. The van der Waals surface area contributed by atoms with Gasteiger partial charge in [0.1, 0.15) is 66.5 Å². The summed E-state index contributed by atoms with van der Waals surface area (Å²) in [6, 6.07) is -8.05. The van der Waals surface area contributed by atoms with Gasteiger partial charge in [0.2, 0.25) is 70.9 Å². The number of aliphatic imine (C=N–C) groups is 4. The van der Waals surface area contributed by atoms with E-state index in [1.54, 1.807) is 81.5 Å². The Morgan fingerprint density at radius 1 is 0.373 bits per heavy atom.